The van der Waals surface area contributed by atoms with Crippen molar-refractivity contribution in [3.8, 4) is 0 Å². The highest BCUT2D eigenvalue weighted by Gasteiger charge is 2.36. The number of hydrogen-bond donors (Lipinski definition) is 1. The van der Waals surface area contributed by atoms with E-state index >= 15 is 0 Å². The zero-order valence-corrected chi connectivity index (χ0v) is 12.2. The maximum absolute atomic E-state index is 13.2. The second-order valence-corrected chi connectivity index (χ2v) is 6.67. The largest absolute Gasteiger partial charge is 0.323 e. The number of halogens is 1. The first-order valence-electron chi connectivity index (χ1n) is 7.90. The molecular formula is C17H25FN2. The molecule has 1 aromatic rings. The third kappa shape index (κ3) is 3.04. The Morgan fingerprint density at radius 2 is 1.85 bits per heavy atom. The van der Waals surface area contributed by atoms with Gasteiger partial charge in [0.25, 0.3) is 0 Å². The molecule has 20 heavy (non-hydrogen) atoms. The molecule has 1 unspecified atom stereocenters. The zero-order chi connectivity index (χ0) is 14.0. The van der Waals surface area contributed by atoms with Crippen molar-refractivity contribution in [2.75, 3.05) is 19.6 Å². The molecule has 0 amide bonds. The van der Waals surface area contributed by atoms with Crippen molar-refractivity contribution in [3.05, 3.63) is 35.6 Å². The maximum Gasteiger partial charge on any atom is 0.123 e. The Hall–Kier alpha value is -0.930. The third-order valence-electron chi connectivity index (χ3n) is 5.31. The van der Waals surface area contributed by atoms with Gasteiger partial charge in [-0.1, -0.05) is 25.0 Å². The Balaban J connectivity index is 1.54. The Bertz CT molecular complexity index is 444. The monoisotopic (exact) mass is 276 g/mol. The summed E-state index contributed by atoms with van der Waals surface area (Å²) in [7, 11) is 0. The Morgan fingerprint density at radius 1 is 1.15 bits per heavy atom. The molecule has 3 rings (SSSR count). The van der Waals surface area contributed by atoms with Gasteiger partial charge < -0.3 is 10.6 Å². The van der Waals surface area contributed by atoms with Crippen molar-refractivity contribution in [2.45, 2.75) is 44.6 Å². The number of nitrogens with two attached hydrogens (primary N) is 1. The van der Waals surface area contributed by atoms with Crippen molar-refractivity contribution >= 4 is 0 Å². The van der Waals surface area contributed by atoms with E-state index in [0.29, 0.717) is 5.41 Å². The van der Waals surface area contributed by atoms with Crippen molar-refractivity contribution < 1.29 is 4.39 Å². The average molecular weight is 276 g/mol. The van der Waals surface area contributed by atoms with Crippen LogP contribution in [0.3, 0.4) is 0 Å². The van der Waals surface area contributed by atoms with E-state index in [1.807, 2.05) is 6.07 Å². The number of piperidine rings is 1. The molecule has 0 radical (unpaired) electrons. The lowest BCUT2D eigenvalue weighted by Gasteiger charge is -2.40. The minimum absolute atomic E-state index is 0.0803. The van der Waals surface area contributed by atoms with Crippen LogP contribution in [-0.2, 0) is 0 Å². The quantitative estimate of drug-likeness (QED) is 0.915. The number of likely N-dealkylation sites (tertiary alicyclic amines) is 1. The topological polar surface area (TPSA) is 29.3 Å². The van der Waals surface area contributed by atoms with E-state index in [-0.39, 0.29) is 11.9 Å². The molecule has 1 saturated heterocycles. The summed E-state index contributed by atoms with van der Waals surface area (Å²) in [6.07, 6.45) is 8.34. The Morgan fingerprint density at radius 3 is 2.50 bits per heavy atom. The lowest BCUT2D eigenvalue weighted by atomic mass is 9.77. The molecule has 1 saturated carbocycles. The first kappa shape index (κ1) is 14.0. The van der Waals surface area contributed by atoms with E-state index in [2.05, 4.69) is 4.90 Å². The summed E-state index contributed by atoms with van der Waals surface area (Å²) in [6.45, 7) is 3.16. The summed E-state index contributed by atoms with van der Waals surface area (Å²) in [5, 5.41) is 0. The Kier molecular flexibility index (Phi) is 4.08. The lowest BCUT2D eigenvalue weighted by Crippen LogP contribution is -2.42. The number of nitrogens with zero attached hydrogens (tertiary/aromatic N) is 1. The number of rotatable bonds is 3. The van der Waals surface area contributed by atoms with Crippen LogP contribution in [0.2, 0.25) is 0 Å². The molecule has 3 heteroatoms. The number of hydrogen-bond acceptors (Lipinski definition) is 2. The van der Waals surface area contributed by atoms with E-state index in [0.717, 1.165) is 25.2 Å². The van der Waals surface area contributed by atoms with Crippen LogP contribution >= 0.6 is 0 Å². The molecule has 0 aromatic heterocycles. The molecule has 2 N–H and O–H groups in total. The fraction of sp³-hybridized carbons (Fsp3) is 0.647. The predicted octanol–water partition coefficient (Wildman–Crippen LogP) is 3.48. The van der Waals surface area contributed by atoms with Gasteiger partial charge in [-0.2, -0.15) is 0 Å². The SMILES string of the molecule is NC(CN1CCC2(CCCC2)CC1)c1cccc(F)c1. The first-order valence-corrected chi connectivity index (χ1v) is 7.90. The molecule has 1 spiro atoms. The van der Waals surface area contributed by atoms with E-state index in [1.54, 1.807) is 12.1 Å². The highest BCUT2D eigenvalue weighted by atomic mass is 19.1. The summed E-state index contributed by atoms with van der Waals surface area (Å²) in [4.78, 5) is 2.46. The summed E-state index contributed by atoms with van der Waals surface area (Å²) in [6, 6.07) is 6.63. The van der Waals surface area contributed by atoms with Gasteiger partial charge in [0.15, 0.2) is 0 Å². The lowest BCUT2D eigenvalue weighted by molar-refractivity contribution is 0.104. The molecule has 1 aromatic carbocycles. The van der Waals surface area contributed by atoms with E-state index in [9.17, 15) is 4.39 Å². The van der Waals surface area contributed by atoms with Gasteiger partial charge in [-0.15, -0.1) is 0 Å². The molecule has 1 aliphatic carbocycles. The molecule has 110 valence electrons. The van der Waals surface area contributed by atoms with Gasteiger partial charge in [0.05, 0.1) is 0 Å². The first-order chi connectivity index (χ1) is 9.67. The van der Waals surface area contributed by atoms with E-state index in [4.69, 9.17) is 5.73 Å². The molecule has 2 aliphatic rings. The van der Waals surface area contributed by atoms with Crippen molar-refractivity contribution in [1.82, 2.24) is 4.90 Å². The predicted molar refractivity (Wildman–Crippen MR) is 79.9 cm³/mol. The molecule has 1 heterocycles. The third-order valence-corrected chi connectivity index (χ3v) is 5.31. The van der Waals surface area contributed by atoms with Crippen LogP contribution in [0.1, 0.15) is 50.1 Å². The number of benzene rings is 1. The minimum atomic E-state index is -0.193. The van der Waals surface area contributed by atoms with Gasteiger partial charge >= 0.3 is 0 Å². The van der Waals surface area contributed by atoms with E-state index in [1.165, 1.54) is 44.6 Å². The highest BCUT2D eigenvalue weighted by Crippen LogP contribution is 2.46. The molecule has 0 bridgehead atoms. The van der Waals surface area contributed by atoms with Crippen LogP contribution in [0.4, 0.5) is 4.39 Å². The molecule has 2 nitrogen and oxygen atoms in total. The fourth-order valence-corrected chi connectivity index (χ4v) is 3.96. The smallest absolute Gasteiger partial charge is 0.123 e. The second kappa shape index (κ2) is 5.82. The normalized spacial score (nSPS) is 24.1. The Labute approximate surface area is 121 Å². The van der Waals surface area contributed by atoms with Crippen molar-refractivity contribution in [1.29, 1.82) is 0 Å². The average Bonchev–Trinajstić information content (AvgIpc) is 2.90. The second-order valence-electron chi connectivity index (χ2n) is 6.67. The minimum Gasteiger partial charge on any atom is -0.323 e. The van der Waals surface area contributed by atoms with Gasteiger partial charge in [-0.25, -0.2) is 4.39 Å². The van der Waals surface area contributed by atoms with Gasteiger partial charge in [-0.05, 0) is 61.9 Å². The summed E-state index contributed by atoms with van der Waals surface area (Å²) >= 11 is 0. The molecule has 1 aliphatic heterocycles. The van der Waals surface area contributed by atoms with Crippen LogP contribution < -0.4 is 5.73 Å². The van der Waals surface area contributed by atoms with Crippen LogP contribution in [0.15, 0.2) is 24.3 Å². The molecule has 2 fully saturated rings. The standard InChI is InChI=1S/C17H25FN2/c18-15-5-3-4-14(12-15)16(19)13-20-10-8-17(9-11-20)6-1-2-7-17/h3-5,12,16H,1-2,6-11,13,19H2. The van der Waals surface area contributed by atoms with Gasteiger partial charge in [-0.3, -0.25) is 0 Å². The van der Waals surface area contributed by atoms with Gasteiger partial charge in [0, 0.05) is 12.6 Å². The van der Waals surface area contributed by atoms with Crippen molar-refractivity contribution in [3.63, 3.8) is 0 Å². The highest BCUT2D eigenvalue weighted by molar-refractivity contribution is 5.20. The van der Waals surface area contributed by atoms with Crippen LogP contribution in [-0.4, -0.2) is 24.5 Å². The maximum atomic E-state index is 13.2. The van der Waals surface area contributed by atoms with Crippen LogP contribution in [0.25, 0.3) is 0 Å². The molecule has 1 atom stereocenters. The van der Waals surface area contributed by atoms with Crippen LogP contribution in [0, 0.1) is 11.2 Å². The summed E-state index contributed by atoms with van der Waals surface area (Å²) in [5.74, 6) is -0.193. The van der Waals surface area contributed by atoms with Crippen LogP contribution in [0.5, 0.6) is 0 Å². The summed E-state index contributed by atoms with van der Waals surface area (Å²) < 4.78 is 13.2. The van der Waals surface area contributed by atoms with Crippen molar-refractivity contribution in [2.24, 2.45) is 11.1 Å². The molecular weight excluding hydrogens is 251 g/mol. The summed E-state index contributed by atoms with van der Waals surface area (Å²) in [5.41, 5.74) is 7.79. The fourth-order valence-electron chi connectivity index (χ4n) is 3.96. The van der Waals surface area contributed by atoms with Gasteiger partial charge in [0.2, 0.25) is 0 Å². The zero-order valence-electron chi connectivity index (χ0n) is 12.2. The van der Waals surface area contributed by atoms with E-state index < -0.39 is 0 Å². The van der Waals surface area contributed by atoms with Gasteiger partial charge in [0.1, 0.15) is 5.82 Å².